The number of benzene rings is 3. The van der Waals surface area contributed by atoms with E-state index >= 15 is 0 Å². The van der Waals surface area contributed by atoms with Crippen LogP contribution in [-0.4, -0.2) is 16.7 Å². The number of pyridine rings is 1. The van der Waals surface area contributed by atoms with E-state index in [0.717, 1.165) is 32.4 Å². The first-order chi connectivity index (χ1) is 16.0. The third-order valence-corrected chi connectivity index (χ3v) is 6.38. The summed E-state index contributed by atoms with van der Waals surface area (Å²) < 4.78 is 6.32. The molecule has 0 aliphatic carbocycles. The Kier molecular flexibility index (Phi) is 7.23. The van der Waals surface area contributed by atoms with Crippen LogP contribution >= 0.6 is 27.7 Å². The van der Waals surface area contributed by atoms with Crippen LogP contribution < -0.4 is 4.74 Å². The van der Waals surface area contributed by atoms with Gasteiger partial charge in [-0.25, -0.2) is 4.98 Å². The lowest BCUT2D eigenvalue weighted by atomic mass is 9.98. The molecule has 4 aromatic rings. The SMILES string of the molecule is Cc1ccc(-c2cc(-c3ccccc3)nc(SCC(=O)Oc3ccc(Br)cc3)c2C#N)cc1. The molecule has 0 unspecified atom stereocenters. The molecule has 0 spiro atoms. The molecule has 33 heavy (non-hydrogen) atoms. The molecule has 1 aromatic heterocycles. The van der Waals surface area contributed by atoms with Gasteiger partial charge in [0.05, 0.1) is 17.0 Å². The van der Waals surface area contributed by atoms with E-state index in [9.17, 15) is 10.1 Å². The first-order valence-corrected chi connectivity index (χ1v) is 12.0. The summed E-state index contributed by atoms with van der Waals surface area (Å²) in [5.41, 5.74) is 4.98. The zero-order valence-corrected chi connectivity index (χ0v) is 20.2. The van der Waals surface area contributed by atoms with Gasteiger partial charge in [0.15, 0.2) is 0 Å². The van der Waals surface area contributed by atoms with Crippen LogP contribution in [0.1, 0.15) is 11.1 Å². The van der Waals surface area contributed by atoms with Crippen molar-refractivity contribution in [1.82, 2.24) is 4.98 Å². The Bertz CT molecular complexity index is 1320. The summed E-state index contributed by atoms with van der Waals surface area (Å²) in [5.74, 6) is 0.0919. The van der Waals surface area contributed by atoms with Gasteiger partial charge in [0.2, 0.25) is 0 Å². The maximum atomic E-state index is 12.5. The molecule has 0 amide bonds. The second-order valence-corrected chi connectivity index (χ2v) is 9.18. The number of nitrogens with zero attached hydrogens (tertiary/aromatic N) is 2. The number of carbonyl (C=O) groups is 1. The number of ether oxygens (including phenoxy) is 1. The number of aryl methyl sites for hydroxylation is 1. The zero-order chi connectivity index (χ0) is 23.2. The van der Waals surface area contributed by atoms with E-state index in [1.54, 1.807) is 12.1 Å². The highest BCUT2D eigenvalue weighted by Gasteiger charge is 2.17. The molecule has 0 fully saturated rings. The van der Waals surface area contributed by atoms with Crippen LogP contribution in [0.4, 0.5) is 0 Å². The molecular weight excluding hydrogens is 496 g/mol. The molecule has 0 N–H and O–H groups in total. The Hall–Kier alpha value is -3.40. The Balaban J connectivity index is 1.67. The van der Waals surface area contributed by atoms with Crippen molar-refractivity contribution in [2.45, 2.75) is 11.9 Å². The van der Waals surface area contributed by atoms with Gasteiger partial charge in [0.1, 0.15) is 16.8 Å². The van der Waals surface area contributed by atoms with E-state index in [4.69, 9.17) is 9.72 Å². The van der Waals surface area contributed by atoms with Crippen LogP contribution in [-0.2, 0) is 4.79 Å². The number of halogens is 1. The molecule has 0 saturated heterocycles. The van der Waals surface area contributed by atoms with E-state index in [1.807, 2.05) is 79.7 Å². The van der Waals surface area contributed by atoms with Crippen LogP contribution in [0.2, 0.25) is 0 Å². The molecule has 0 atom stereocenters. The van der Waals surface area contributed by atoms with E-state index < -0.39 is 5.97 Å². The normalized spacial score (nSPS) is 10.5. The van der Waals surface area contributed by atoms with Gasteiger partial charge in [-0.05, 0) is 42.8 Å². The topological polar surface area (TPSA) is 63.0 Å². The van der Waals surface area contributed by atoms with Crippen molar-refractivity contribution in [3.05, 3.63) is 101 Å². The number of esters is 1. The first kappa shape index (κ1) is 22.8. The van der Waals surface area contributed by atoms with E-state index in [-0.39, 0.29) is 5.75 Å². The van der Waals surface area contributed by atoms with Crippen molar-refractivity contribution in [2.75, 3.05) is 5.75 Å². The average Bonchev–Trinajstić information content (AvgIpc) is 2.84. The van der Waals surface area contributed by atoms with Gasteiger partial charge >= 0.3 is 5.97 Å². The minimum atomic E-state index is -0.407. The van der Waals surface area contributed by atoms with Gasteiger partial charge in [0, 0.05) is 15.6 Å². The van der Waals surface area contributed by atoms with Gasteiger partial charge < -0.3 is 4.74 Å². The van der Waals surface area contributed by atoms with Crippen LogP contribution in [0.25, 0.3) is 22.4 Å². The highest BCUT2D eigenvalue weighted by molar-refractivity contribution is 9.10. The van der Waals surface area contributed by atoms with Crippen LogP contribution in [0, 0.1) is 18.3 Å². The average molecular weight is 515 g/mol. The van der Waals surface area contributed by atoms with Crippen LogP contribution in [0.3, 0.4) is 0 Å². The molecule has 3 aromatic carbocycles. The number of carbonyl (C=O) groups excluding carboxylic acids is 1. The minimum absolute atomic E-state index is 0.0311. The van der Waals surface area contributed by atoms with Gasteiger partial charge in [0.25, 0.3) is 0 Å². The maximum Gasteiger partial charge on any atom is 0.321 e. The van der Waals surface area contributed by atoms with Gasteiger partial charge in [-0.1, -0.05) is 87.9 Å². The fraction of sp³-hybridized carbons (Fsp3) is 0.0741. The summed E-state index contributed by atoms with van der Waals surface area (Å²) in [7, 11) is 0. The summed E-state index contributed by atoms with van der Waals surface area (Å²) in [4.78, 5) is 17.2. The summed E-state index contributed by atoms with van der Waals surface area (Å²) >= 11 is 4.57. The van der Waals surface area contributed by atoms with E-state index in [2.05, 4.69) is 22.0 Å². The molecule has 1 heterocycles. The lowest BCUT2D eigenvalue weighted by molar-refractivity contribution is -0.131. The maximum absolute atomic E-state index is 12.5. The number of thioether (sulfide) groups is 1. The summed E-state index contributed by atoms with van der Waals surface area (Å²) in [6.07, 6.45) is 0. The molecule has 4 rings (SSSR count). The fourth-order valence-electron chi connectivity index (χ4n) is 3.24. The van der Waals surface area contributed by atoms with Gasteiger partial charge in [-0.3, -0.25) is 4.79 Å². The van der Waals surface area contributed by atoms with Crippen LogP contribution in [0.5, 0.6) is 5.75 Å². The lowest BCUT2D eigenvalue weighted by Gasteiger charge is -2.13. The summed E-state index contributed by atoms with van der Waals surface area (Å²) in [5, 5.41) is 10.5. The van der Waals surface area contributed by atoms with E-state index in [1.165, 1.54) is 11.8 Å². The third kappa shape index (κ3) is 5.70. The van der Waals surface area contributed by atoms with E-state index in [0.29, 0.717) is 16.3 Å². The predicted molar refractivity (Wildman–Crippen MR) is 135 cm³/mol. The molecule has 4 nitrogen and oxygen atoms in total. The van der Waals surface area contributed by atoms with Gasteiger partial charge in [-0.2, -0.15) is 5.26 Å². The van der Waals surface area contributed by atoms with Crippen molar-refractivity contribution in [1.29, 1.82) is 5.26 Å². The summed E-state index contributed by atoms with van der Waals surface area (Å²) in [6, 6.07) is 29.1. The quantitative estimate of drug-likeness (QED) is 0.156. The monoisotopic (exact) mass is 514 g/mol. The van der Waals surface area contributed by atoms with Crippen molar-refractivity contribution in [3.8, 4) is 34.2 Å². The highest BCUT2D eigenvalue weighted by Crippen LogP contribution is 2.34. The smallest absolute Gasteiger partial charge is 0.321 e. The first-order valence-electron chi connectivity index (χ1n) is 10.2. The predicted octanol–water partition coefficient (Wildman–Crippen LogP) is 7.06. The van der Waals surface area contributed by atoms with Gasteiger partial charge in [-0.15, -0.1) is 0 Å². The molecule has 0 radical (unpaired) electrons. The lowest BCUT2D eigenvalue weighted by Crippen LogP contribution is -2.11. The Morgan fingerprint density at radius 1 is 1.00 bits per heavy atom. The van der Waals surface area contributed by atoms with Crippen molar-refractivity contribution >= 4 is 33.7 Å². The van der Waals surface area contributed by atoms with Crippen molar-refractivity contribution < 1.29 is 9.53 Å². The number of hydrogen-bond acceptors (Lipinski definition) is 5. The number of nitriles is 1. The molecular formula is C27H19BrN2O2S. The standard InChI is InChI=1S/C27H19BrN2O2S/c1-18-7-9-19(10-8-18)23-15-25(20-5-3-2-4-6-20)30-27(24(23)16-29)33-17-26(31)32-22-13-11-21(28)12-14-22/h2-15H,17H2,1H3. The molecule has 0 aliphatic heterocycles. The summed E-state index contributed by atoms with van der Waals surface area (Å²) in [6.45, 7) is 2.02. The Labute approximate surface area is 205 Å². The number of hydrogen-bond donors (Lipinski definition) is 0. The Morgan fingerprint density at radius 3 is 2.36 bits per heavy atom. The molecule has 0 aliphatic rings. The van der Waals surface area contributed by atoms with Crippen molar-refractivity contribution in [3.63, 3.8) is 0 Å². The highest BCUT2D eigenvalue weighted by atomic mass is 79.9. The molecule has 6 heteroatoms. The van der Waals surface area contributed by atoms with Crippen molar-refractivity contribution in [2.24, 2.45) is 0 Å². The molecule has 0 saturated carbocycles. The third-order valence-electron chi connectivity index (χ3n) is 4.90. The molecule has 0 bridgehead atoms. The second-order valence-electron chi connectivity index (χ2n) is 7.30. The minimum Gasteiger partial charge on any atom is -0.426 e. The number of aromatic nitrogens is 1. The zero-order valence-electron chi connectivity index (χ0n) is 17.8. The van der Waals surface area contributed by atoms with Crippen LogP contribution in [0.15, 0.2) is 94.4 Å². The number of rotatable bonds is 6. The largest absolute Gasteiger partial charge is 0.426 e. The Morgan fingerprint density at radius 2 is 1.70 bits per heavy atom. The second kappa shape index (κ2) is 10.5. The molecule has 162 valence electrons. The fourth-order valence-corrected chi connectivity index (χ4v) is 4.28.